The smallest absolute Gasteiger partial charge is 0.228 e. The molecule has 3 aliphatic rings. The molecule has 1 heterocycles. The van der Waals surface area contributed by atoms with Gasteiger partial charge in [-0.2, -0.15) is 0 Å². The number of nitrogens with two attached hydrogens (primary N) is 1. The normalized spacial score (nSPS) is 36.2. The summed E-state index contributed by atoms with van der Waals surface area (Å²) in [6.07, 6.45) is 12.2. The van der Waals surface area contributed by atoms with Crippen LogP contribution in [0, 0.1) is 11.3 Å². The van der Waals surface area contributed by atoms with E-state index in [4.69, 9.17) is 5.73 Å². The van der Waals surface area contributed by atoms with Crippen molar-refractivity contribution in [2.75, 3.05) is 13.1 Å². The van der Waals surface area contributed by atoms with Gasteiger partial charge in [-0.1, -0.05) is 55.8 Å². The maximum absolute atomic E-state index is 14.0. The van der Waals surface area contributed by atoms with Crippen molar-refractivity contribution < 1.29 is 4.79 Å². The molecule has 1 aromatic carbocycles. The van der Waals surface area contributed by atoms with Gasteiger partial charge in [-0.25, -0.2) is 0 Å². The van der Waals surface area contributed by atoms with Crippen LogP contribution in [0.3, 0.4) is 0 Å². The Hall–Kier alpha value is -1.61. The summed E-state index contributed by atoms with van der Waals surface area (Å²) in [5.41, 5.74) is 9.19. The molecule has 1 saturated heterocycles. The van der Waals surface area contributed by atoms with E-state index in [0.717, 1.165) is 51.6 Å². The van der Waals surface area contributed by atoms with Crippen molar-refractivity contribution in [3.8, 4) is 0 Å². The molecule has 1 amide bonds. The first-order chi connectivity index (χ1) is 14.0. The number of hydrogen-bond acceptors (Lipinski definition) is 2. The van der Waals surface area contributed by atoms with Gasteiger partial charge in [0.1, 0.15) is 0 Å². The summed E-state index contributed by atoms with van der Waals surface area (Å²) in [5.74, 6) is 0.929. The number of fused-ring (bicyclic) bond motifs is 2. The first-order valence-electron chi connectivity index (χ1n) is 11.8. The number of rotatable bonds is 4. The number of carbonyl (C=O) groups excluding carboxylic acids is 1. The van der Waals surface area contributed by atoms with E-state index in [1.807, 2.05) is 0 Å². The van der Waals surface area contributed by atoms with E-state index in [2.05, 4.69) is 55.2 Å². The van der Waals surface area contributed by atoms with Gasteiger partial charge in [-0.3, -0.25) is 4.79 Å². The lowest BCUT2D eigenvalue weighted by Gasteiger charge is -2.55. The highest BCUT2D eigenvalue weighted by Crippen LogP contribution is 2.59. The van der Waals surface area contributed by atoms with E-state index >= 15 is 0 Å². The minimum atomic E-state index is -0.247. The average Bonchev–Trinajstić information content (AvgIpc) is 2.76. The van der Waals surface area contributed by atoms with Crippen molar-refractivity contribution in [2.45, 2.75) is 83.1 Å². The number of allylic oxidation sites excluding steroid dienone is 2. The summed E-state index contributed by atoms with van der Waals surface area (Å²) < 4.78 is 0. The van der Waals surface area contributed by atoms with Crippen LogP contribution in [0.2, 0.25) is 0 Å². The highest BCUT2D eigenvalue weighted by molar-refractivity contribution is 5.83. The maximum atomic E-state index is 14.0. The van der Waals surface area contributed by atoms with Crippen molar-refractivity contribution in [1.29, 1.82) is 0 Å². The summed E-state index contributed by atoms with van der Waals surface area (Å²) in [6.45, 7) is 6.10. The van der Waals surface area contributed by atoms with Crippen LogP contribution in [0.5, 0.6) is 0 Å². The lowest BCUT2D eigenvalue weighted by atomic mass is 9.49. The number of amides is 1. The molecule has 0 radical (unpaired) electrons. The molecule has 0 aromatic heterocycles. The Labute approximate surface area is 176 Å². The second-order valence-electron chi connectivity index (χ2n) is 9.90. The third-order valence-electron chi connectivity index (χ3n) is 8.10. The SMILES string of the molecule is CC/C=C1\CCC2(c3ccccc3)CC1CC(CC)(C(=O)N1CCC[C@@H](N)C1)C2. The van der Waals surface area contributed by atoms with Crippen LogP contribution in [0.4, 0.5) is 0 Å². The average molecular weight is 395 g/mol. The number of hydrogen-bond donors (Lipinski definition) is 1. The van der Waals surface area contributed by atoms with E-state index in [1.165, 1.54) is 24.8 Å². The summed E-state index contributed by atoms with van der Waals surface area (Å²) in [7, 11) is 0. The van der Waals surface area contributed by atoms with E-state index in [-0.39, 0.29) is 16.9 Å². The predicted octanol–water partition coefficient (Wildman–Crippen LogP) is 5.20. The Kier molecular flexibility index (Phi) is 5.88. The fourth-order valence-corrected chi connectivity index (χ4v) is 6.65. The second kappa shape index (κ2) is 8.26. The van der Waals surface area contributed by atoms with E-state index in [0.29, 0.717) is 11.8 Å². The molecule has 4 rings (SSSR count). The van der Waals surface area contributed by atoms with Gasteiger partial charge in [-0.05, 0) is 74.7 Å². The molecule has 2 N–H and O–H groups in total. The Morgan fingerprint density at radius 1 is 1.24 bits per heavy atom. The van der Waals surface area contributed by atoms with Gasteiger partial charge >= 0.3 is 0 Å². The molecule has 3 nitrogen and oxygen atoms in total. The fourth-order valence-electron chi connectivity index (χ4n) is 6.65. The van der Waals surface area contributed by atoms with Gasteiger partial charge in [0.25, 0.3) is 0 Å². The summed E-state index contributed by atoms with van der Waals surface area (Å²) in [4.78, 5) is 16.1. The first kappa shape index (κ1) is 20.7. The summed E-state index contributed by atoms with van der Waals surface area (Å²) >= 11 is 0. The number of likely N-dealkylation sites (tertiary alicyclic amines) is 1. The van der Waals surface area contributed by atoms with Crippen LogP contribution >= 0.6 is 0 Å². The Morgan fingerprint density at radius 2 is 2.03 bits per heavy atom. The maximum Gasteiger partial charge on any atom is 0.228 e. The lowest BCUT2D eigenvalue weighted by Crippen LogP contribution is -2.56. The predicted molar refractivity (Wildman–Crippen MR) is 120 cm³/mol. The van der Waals surface area contributed by atoms with Crippen LogP contribution in [-0.4, -0.2) is 29.9 Å². The van der Waals surface area contributed by atoms with Crippen molar-refractivity contribution in [3.05, 3.63) is 47.5 Å². The molecule has 1 aliphatic heterocycles. The monoisotopic (exact) mass is 394 g/mol. The number of piperidine rings is 1. The fraction of sp³-hybridized carbons (Fsp3) is 0.654. The van der Waals surface area contributed by atoms with Crippen LogP contribution in [0.25, 0.3) is 0 Å². The second-order valence-corrected chi connectivity index (χ2v) is 9.90. The van der Waals surface area contributed by atoms with Gasteiger partial charge < -0.3 is 10.6 Å². The quantitative estimate of drug-likeness (QED) is 0.713. The Morgan fingerprint density at radius 3 is 2.72 bits per heavy atom. The van der Waals surface area contributed by atoms with Crippen LogP contribution in [0.1, 0.15) is 77.2 Å². The Bertz CT molecular complexity index is 757. The molecular formula is C26H38N2O. The third-order valence-corrected chi connectivity index (χ3v) is 8.10. The molecule has 3 fully saturated rings. The molecule has 2 saturated carbocycles. The highest BCUT2D eigenvalue weighted by atomic mass is 16.2. The van der Waals surface area contributed by atoms with E-state index < -0.39 is 0 Å². The molecule has 2 bridgehead atoms. The van der Waals surface area contributed by atoms with Crippen LogP contribution < -0.4 is 5.73 Å². The molecule has 0 spiro atoms. The van der Waals surface area contributed by atoms with Crippen molar-refractivity contribution in [3.63, 3.8) is 0 Å². The largest absolute Gasteiger partial charge is 0.341 e. The number of nitrogens with zero attached hydrogens (tertiary/aromatic N) is 1. The molecule has 3 heteroatoms. The van der Waals surface area contributed by atoms with Gasteiger partial charge in [0.05, 0.1) is 5.41 Å². The van der Waals surface area contributed by atoms with Crippen LogP contribution in [-0.2, 0) is 10.2 Å². The zero-order chi connectivity index (χ0) is 20.5. The van der Waals surface area contributed by atoms with Gasteiger partial charge in [0.15, 0.2) is 0 Å². The molecular weight excluding hydrogens is 356 g/mol. The zero-order valence-corrected chi connectivity index (χ0v) is 18.3. The van der Waals surface area contributed by atoms with E-state index in [9.17, 15) is 4.79 Å². The highest BCUT2D eigenvalue weighted by Gasteiger charge is 2.55. The first-order valence-corrected chi connectivity index (χ1v) is 11.8. The molecule has 3 unspecified atom stereocenters. The molecule has 29 heavy (non-hydrogen) atoms. The van der Waals surface area contributed by atoms with E-state index in [1.54, 1.807) is 5.57 Å². The number of benzene rings is 1. The van der Waals surface area contributed by atoms with Gasteiger partial charge in [0, 0.05) is 19.1 Å². The zero-order valence-electron chi connectivity index (χ0n) is 18.3. The van der Waals surface area contributed by atoms with Crippen molar-refractivity contribution >= 4 is 5.91 Å². The molecule has 4 atom stereocenters. The summed E-state index contributed by atoms with van der Waals surface area (Å²) in [6, 6.07) is 11.2. The molecule has 2 aliphatic carbocycles. The van der Waals surface area contributed by atoms with Crippen molar-refractivity contribution in [1.82, 2.24) is 4.90 Å². The minimum absolute atomic E-state index is 0.138. The van der Waals surface area contributed by atoms with Crippen LogP contribution in [0.15, 0.2) is 42.0 Å². The molecule has 158 valence electrons. The third kappa shape index (κ3) is 3.79. The standard InChI is InChI=1S/C26H38N2O/c1-3-9-20-13-14-26(22-10-6-5-7-11-22)17-21(20)16-25(4-2,19-26)24(29)28-15-8-12-23(27)18-28/h5-7,9-11,21,23H,3-4,8,12-19,27H2,1-2H3/b20-9+/t21?,23-,25?,26?/m1/s1. The van der Waals surface area contributed by atoms with Gasteiger partial charge in [-0.15, -0.1) is 0 Å². The topological polar surface area (TPSA) is 46.3 Å². The summed E-state index contributed by atoms with van der Waals surface area (Å²) in [5, 5.41) is 0. The van der Waals surface area contributed by atoms with Gasteiger partial charge in [0.2, 0.25) is 5.91 Å². The Balaban J connectivity index is 1.72. The lowest BCUT2D eigenvalue weighted by molar-refractivity contribution is -0.149. The minimum Gasteiger partial charge on any atom is -0.341 e. The molecule has 1 aromatic rings. The van der Waals surface area contributed by atoms with Crippen molar-refractivity contribution in [2.24, 2.45) is 17.1 Å². The number of carbonyl (C=O) groups is 1.